The molecular weight excluding hydrogens is 256 g/mol. The van der Waals surface area contributed by atoms with Gasteiger partial charge in [0.2, 0.25) is 0 Å². The molecule has 0 radical (unpaired) electrons. The Bertz CT molecular complexity index is 363. The Hall–Kier alpha value is -1.26. The molecule has 0 bridgehead atoms. The third-order valence-electron chi connectivity index (χ3n) is 3.72. The van der Waals surface area contributed by atoms with Gasteiger partial charge in [0.1, 0.15) is 0 Å². The van der Waals surface area contributed by atoms with Crippen molar-refractivity contribution in [3.63, 3.8) is 0 Å². The summed E-state index contributed by atoms with van der Waals surface area (Å²) in [5.41, 5.74) is 1.27. The van der Waals surface area contributed by atoms with Crippen LogP contribution in [-0.4, -0.2) is 6.61 Å². The van der Waals surface area contributed by atoms with E-state index in [1.165, 1.54) is 63.4 Å². The molecule has 0 aliphatic carbocycles. The van der Waals surface area contributed by atoms with Gasteiger partial charge in [-0.25, -0.2) is 0 Å². The number of rotatable bonds is 13. The maximum Gasteiger partial charge on any atom is 0.0716 e. The molecule has 0 unspecified atom stereocenters. The fraction of sp³-hybridized carbons (Fsp3) is 0.600. The predicted octanol–water partition coefficient (Wildman–Crippen LogP) is 5.74. The predicted molar refractivity (Wildman–Crippen MR) is 91.1 cm³/mol. The minimum atomic E-state index is 0.749. The summed E-state index contributed by atoms with van der Waals surface area (Å²) >= 11 is 0. The van der Waals surface area contributed by atoms with Gasteiger partial charge in [-0.05, 0) is 18.4 Å². The van der Waals surface area contributed by atoms with Gasteiger partial charge in [-0.15, -0.1) is 12.3 Å². The molecule has 0 heterocycles. The van der Waals surface area contributed by atoms with Crippen molar-refractivity contribution < 1.29 is 4.74 Å². The van der Waals surface area contributed by atoms with E-state index in [0.29, 0.717) is 0 Å². The van der Waals surface area contributed by atoms with Crippen molar-refractivity contribution >= 4 is 0 Å². The summed E-state index contributed by atoms with van der Waals surface area (Å²) in [5, 5.41) is 0. The summed E-state index contributed by atoms with van der Waals surface area (Å²) in [5.74, 6) is 2.70. The summed E-state index contributed by atoms with van der Waals surface area (Å²) in [7, 11) is 0. The number of unbranched alkanes of at least 4 members (excludes halogenated alkanes) is 9. The van der Waals surface area contributed by atoms with Crippen molar-refractivity contribution in [1.29, 1.82) is 0 Å². The lowest BCUT2D eigenvalue weighted by Crippen LogP contribution is -1.95. The molecule has 1 aromatic carbocycles. The normalized spacial score (nSPS) is 10.4. The molecule has 0 aromatic heterocycles. The first-order valence-corrected chi connectivity index (χ1v) is 8.48. The highest BCUT2D eigenvalue weighted by molar-refractivity contribution is 5.13. The Morgan fingerprint density at radius 3 is 1.95 bits per heavy atom. The molecule has 0 amide bonds. The highest BCUT2D eigenvalue weighted by Crippen LogP contribution is 2.10. The lowest BCUT2D eigenvalue weighted by atomic mass is 10.1. The Balaban J connectivity index is 1.76. The van der Waals surface area contributed by atoms with Crippen LogP contribution < -0.4 is 0 Å². The molecule has 0 aliphatic heterocycles. The summed E-state index contributed by atoms with van der Waals surface area (Å²) in [6, 6.07) is 10.4. The molecule has 0 aliphatic rings. The van der Waals surface area contributed by atoms with Gasteiger partial charge < -0.3 is 4.74 Å². The summed E-state index contributed by atoms with van der Waals surface area (Å²) in [4.78, 5) is 0. The smallest absolute Gasteiger partial charge is 0.0716 e. The van der Waals surface area contributed by atoms with Crippen LogP contribution in [-0.2, 0) is 11.3 Å². The lowest BCUT2D eigenvalue weighted by Gasteiger charge is -2.04. The molecule has 0 atom stereocenters. The second kappa shape index (κ2) is 13.7. The standard InChI is InChI=1S/C20H30O/c1-2-3-4-5-6-7-8-9-10-11-15-18-21-19-20-16-13-12-14-17-20/h1,12-14,16-17H,3-11,15,18-19H2. The molecule has 1 heteroatoms. The molecule has 1 aromatic rings. The van der Waals surface area contributed by atoms with Crippen molar-refractivity contribution in [3.05, 3.63) is 35.9 Å². The van der Waals surface area contributed by atoms with Crippen LogP contribution in [0.4, 0.5) is 0 Å². The van der Waals surface area contributed by atoms with Gasteiger partial charge >= 0.3 is 0 Å². The first-order chi connectivity index (χ1) is 10.4. The zero-order valence-corrected chi connectivity index (χ0v) is 13.4. The number of hydrogen-bond acceptors (Lipinski definition) is 1. The SMILES string of the molecule is C#CCCCCCCCCCCCOCc1ccccc1. The van der Waals surface area contributed by atoms with Crippen molar-refractivity contribution in [1.82, 2.24) is 0 Å². The molecule has 1 rings (SSSR count). The number of hydrogen-bond donors (Lipinski definition) is 0. The van der Waals surface area contributed by atoms with Gasteiger partial charge in [0.15, 0.2) is 0 Å². The van der Waals surface area contributed by atoms with Gasteiger partial charge in [-0.1, -0.05) is 75.3 Å². The Morgan fingerprint density at radius 1 is 0.762 bits per heavy atom. The van der Waals surface area contributed by atoms with Crippen LogP contribution in [0, 0.1) is 12.3 Å². The molecule has 1 nitrogen and oxygen atoms in total. The largest absolute Gasteiger partial charge is 0.377 e. The van der Waals surface area contributed by atoms with Crippen LogP contribution in [0.1, 0.15) is 69.8 Å². The minimum absolute atomic E-state index is 0.749. The quantitative estimate of drug-likeness (QED) is 0.332. The Kier molecular flexibility index (Phi) is 11.6. The molecular formula is C20H30O. The fourth-order valence-electron chi connectivity index (χ4n) is 2.43. The maximum absolute atomic E-state index is 5.69. The van der Waals surface area contributed by atoms with Crippen molar-refractivity contribution in [3.8, 4) is 12.3 Å². The second-order valence-electron chi connectivity index (χ2n) is 5.67. The van der Waals surface area contributed by atoms with Gasteiger partial charge in [0.05, 0.1) is 6.61 Å². The lowest BCUT2D eigenvalue weighted by molar-refractivity contribution is 0.116. The molecule has 0 N–H and O–H groups in total. The van der Waals surface area contributed by atoms with E-state index < -0.39 is 0 Å². The average Bonchev–Trinajstić information content (AvgIpc) is 2.53. The number of ether oxygens (including phenoxy) is 1. The van der Waals surface area contributed by atoms with Crippen LogP contribution in [0.2, 0.25) is 0 Å². The van der Waals surface area contributed by atoms with Crippen molar-refractivity contribution in [2.45, 2.75) is 70.8 Å². The van der Waals surface area contributed by atoms with E-state index in [4.69, 9.17) is 11.2 Å². The first-order valence-electron chi connectivity index (χ1n) is 8.48. The van der Waals surface area contributed by atoms with Crippen molar-refractivity contribution in [2.75, 3.05) is 6.61 Å². The first kappa shape index (κ1) is 17.8. The minimum Gasteiger partial charge on any atom is -0.377 e. The number of benzene rings is 1. The molecule has 0 saturated heterocycles. The van der Waals surface area contributed by atoms with Crippen LogP contribution in [0.5, 0.6) is 0 Å². The summed E-state index contributed by atoms with van der Waals surface area (Å²) in [6.07, 6.45) is 18.0. The summed E-state index contributed by atoms with van der Waals surface area (Å²) in [6.45, 7) is 1.64. The van der Waals surface area contributed by atoms with E-state index in [2.05, 4.69) is 30.2 Å². The van der Waals surface area contributed by atoms with Crippen molar-refractivity contribution in [2.24, 2.45) is 0 Å². The Labute approximate surface area is 131 Å². The van der Waals surface area contributed by atoms with E-state index >= 15 is 0 Å². The van der Waals surface area contributed by atoms with Crippen LogP contribution in [0.15, 0.2) is 30.3 Å². The highest BCUT2D eigenvalue weighted by Gasteiger charge is 1.94. The molecule has 21 heavy (non-hydrogen) atoms. The van der Waals surface area contributed by atoms with E-state index in [-0.39, 0.29) is 0 Å². The second-order valence-corrected chi connectivity index (χ2v) is 5.67. The monoisotopic (exact) mass is 286 g/mol. The average molecular weight is 286 g/mol. The van der Waals surface area contributed by atoms with E-state index in [9.17, 15) is 0 Å². The van der Waals surface area contributed by atoms with E-state index in [1.54, 1.807) is 0 Å². The van der Waals surface area contributed by atoms with E-state index in [1.807, 2.05) is 6.07 Å². The zero-order chi connectivity index (χ0) is 15.0. The third kappa shape index (κ3) is 11.1. The Morgan fingerprint density at radius 2 is 1.33 bits per heavy atom. The molecule has 0 spiro atoms. The molecule has 116 valence electrons. The van der Waals surface area contributed by atoms with Gasteiger partial charge in [-0.3, -0.25) is 0 Å². The van der Waals surface area contributed by atoms with Crippen LogP contribution in [0.3, 0.4) is 0 Å². The summed E-state index contributed by atoms with van der Waals surface area (Å²) < 4.78 is 5.69. The zero-order valence-electron chi connectivity index (χ0n) is 13.4. The van der Waals surface area contributed by atoms with Crippen LogP contribution in [0.25, 0.3) is 0 Å². The highest BCUT2D eigenvalue weighted by atomic mass is 16.5. The number of terminal acetylenes is 1. The van der Waals surface area contributed by atoms with Crippen LogP contribution >= 0.6 is 0 Å². The maximum atomic E-state index is 5.69. The van der Waals surface area contributed by atoms with Gasteiger partial charge in [-0.2, -0.15) is 0 Å². The van der Waals surface area contributed by atoms with E-state index in [0.717, 1.165) is 19.6 Å². The third-order valence-corrected chi connectivity index (χ3v) is 3.72. The van der Waals surface area contributed by atoms with Gasteiger partial charge in [0.25, 0.3) is 0 Å². The van der Waals surface area contributed by atoms with Gasteiger partial charge in [0, 0.05) is 13.0 Å². The molecule has 0 fully saturated rings. The fourth-order valence-corrected chi connectivity index (χ4v) is 2.43. The topological polar surface area (TPSA) is 9.23 Å². The molecule has 0 saturated carbocycles.